The van der Waals surface area contributed by atoms with Gasteiger partial charge in [0.1, 0.15) is 5.69 Å². The van der Waals surface area contributed by atoms with Crippen molar-refractivity contribution < 1.29 is 14.6 Å². The van der Waals surface area contributed by atoms with Gasteiger partial charge in [-0.25, -0.2) is 0 Å². The molecule has 1 aromatic rings. The van der Waals surface area contributed by atoms with E-state index in [9.17, 15) is 9.90 Å². The van der Waals surface area contributed by atoms with Gasteiger partial charge in [0, 0.05) is 19.3 Å². The highest BCUT2D eigenvalue weighted by Gasteiger charge is 2.36. The molecule has 0 bridgehead atoms. The van der Waals surface area contributed by atoms with Crippen LogP contribution in [0.25, 0.3) is 0 Å². The zero-order valence-electron chi connectivity index (χ0n) is 11.6. The van der Waals surface area contributed by atoms with E-state index in [0.717, 1.165) is 5.56 Å². The number of aliphatic hydroxyl groups excluding tert-OH is 1. The highest BCUT2D eigenvalue weighted by molar-refractivity contribution is 5.93. The van der Waals surface area contributed by atoms with Crippen LogP contribution < -0.4 is 0 Å². The Morgan fingerprint density at radius 3 is 3.00 bits per heavy atom. The predicted molar refractivity (Wildman–Crippen MR) is 70.9 cm³/mol. The van der Waals surface area contributed by atoms with Crippen molar-refractivity contribution in [2.24, 2.45) is 0 Å². The number of pyridine rings is 1. The minimum Gasteiger partial charge on any atom is -0.394 e. The molecule has 1 aliphatic rings. The van der Waals surface area contributed by atoms with Crippen LogP contribution in [0.5, 0.6) is 0 Å². The summed E-state index contributed by atoms with van der Waals surface area (Å²) in [5.41, 5.74) is 0.874. The number of nitrogens with zero attached hydrogens (tertiary/aromatic N) is 2. The smallest absolute Gasteiger partial charge is 0.272 e. The van der Waals surface area contributed by atoms with Crippen LogP contribution in [0.1, 0.15) is 29.9 Å². The van der Waals surface area contributed by atoms with Crippen molar-refractivity contribution in [3.63, 3.8) is 0 Å². The van der Waals surface area contributed by atoms with Crippen molar-refractivity contribution in [1.29, 1.82) is 0 Å². The first-order valence-corrected chi connectivity index (χ1v) is 6.42. The molecule has 0 radical (unpaired) electrons. The third-order valence-electron chi connectivity index (χ3n) is 3.18. The molecule has 1 unspecified atom stereocenters. The molecule has 5 heteroatoms. The van der Waals surface area contributed by atoms with Gasteiger partial charge in [-0.3, -0.25) is 9.78 Å². The van der Waals surface area contributed by atoms with Gasteiger partial charge >= 0.3 is 0 Å². The van der Waals surface area contributed by atoms with Gasteiger partial charge in [0.05, 0.1) is 18.3 Å². The number of hydrogen-bond acceptors (Lipinski definition) is 4. The maximum atomic E-state index is 12.5. The lowest BCUT2D eigenvalue weighted by Crippen LogP contribution is -2.55. The average molecular weight is 264 g/mol. The van der Waals surface area contributed by atoms with Gasteiger partial charge in [0.2, 0.25) is 0 Å². The van der Waals surface area contributed by atoms with E-state index in [0.29, 0.717) is 18.8 Å². The standard InChI is InChI=1S/C14H20N2O3/c1-10-5-4-6-15-12(10)13(18)16-7-11(8-17)19-14(2,3)9-16/h4-6,11,17H,7-9H2,1-3H3. The molecule has 1 fully saturated rings. The monoisotopic (exact) mass is 264 g/mol. The highest BCUT2D eigenvalue weighted by atomic mass is 16.5. The lowest BCUT2D eigenvalue weighted by Gasteiger charge is -2.42. The van der Waals surface area contributed by atoms with Crippen LogP contribution in [0, 0.1) is 6.92 Å². The average Bonchev–Trinajstić information content (AvgIpc) is 2.36. The molecule has 2 rings (SSSR count). The molecule has 1 aromatic heterocycles. The zero-order valence-corrected chi connectivity index (χ0v) is 11.6. The molecular weight excluding hydrogens is 244 g/mol. The zero-order chi connectivity index (χ0) is 14.0. The first-order chi connectivity index (χ1) is 8.93. The quantitative estimate of drug-likeness (QED) is 0.865. The Labute approximate surface area is 113 Å². The van der Waals surface area contributed by atoms with E-state index < -0.39 is 5.60 Å². The lowest BCUT2D eigenvalue weighted by molar-refractivity contribution is -0.139. The van der Waals surface area contributed by atoms with Crippen LogP contribution in [-0.2, 0) is 4.74 Å². The fourth-order valence-corrected chi connectivity index (χ4v) is 2.40. The first-order valence-electron chi connectivity index (χ1n) is 6.42. The van der Waals surface area contributed by atoms with Gasteiger partial charge in [0.25, 0.3) is 5.91 Å². The van der Waals surface area contributed by atoms with E-state index in [4.69, 9.17) is 4.74 Å². The molecular formula is C14H20N2O3. The van der Waals surface area contributed by atoms with E-state index in [1.54, 1.807) is 11.1 Å². The van der Waals surface area contributed by atoms with Crippen molar-refractivity contribution in [2.75, 3.05) is 19.7 Å². The Kier molecular flexibility index (Phi) is 3.87. The van der Waals surface area contributed by atoms with Gasteiger partial charge < -0.3 is 14.7 Å². The topological polar surface area (TPSA) is 62.7 Å². The molecule has 2 heterocycles. The van der Waals surface area contributed by atoms with Crippen molar-refractivity contribution in [3.05, 3.63) is 29.6 Å². The third kappa shape index (κ3) is 3.11. The Morgan fingerprint density at radius 2 is 2.37 bits per heavy atom. The number of aryl methyl sites for hydroxylation is 1. The summed E-state index contributed by atoms with van der Waals surface area (Å²) in [6, 6.07) is 3.68. The van der Waals surface area contributed by atoms with Crippen LogP contribution in [0.4, 0.5) is 0 Å². The summed E-state index contributed by atoms with van der Waals surface area (Å²) in [6.07, 6.45) is 1.28. The number of aliphatic hydroxyl groups is 1. The fourth-order valence-electron chi connectivity index (χ4n) is 2.40. The van der Waals surface area contributed by atoms with E-state index in [2.05, 4.69) is 4.98 Å². The number of ether oxygens (including phenoxy) is 1. The Morgan fingerprint density at radius 1 is 1.63 bits per heavy atom. The summed E-state index contributed by atoms with van der Waals surface area (Å²) in [4.78, 5) is 18.4. The Hall–Kier alpha value is -1.46. The number of carbonyl (C=O) groups is 1. The number of amides is 1. The molecule has 1 amide bonds. The highest BCUT2D eigenvalue weighted by Crippen LogP contribution is 2.22. The van der Waals surface area contributed by atoms with E-state index >= 15 is 0 Å². The SMILES string of the molecule is Cc1cccnc1C(=O)N1CC(CO)OC(C)(C)C1. The minimum absolute atomic E-state index is 0.0889. The van der Waals surface area contributed by atoms with E-state index in [-0.39, 0.29) is 18.6 Å². The van der Waals surface area contributed by atoms with Gasteiger partial charge in [0.15, 0.2) is 0 Å². The lowest BCUT2D eigenvalue weighted by atomic mass is 10.0. The van der Waals surface area contributed by atoms with Crippen molar-refractivity contribution in [2.45, 2.75) is 32.5 Å². The Balaban J connectivity index is 2.21. The van der Waals surface area contributed by atoms with Crippen LogP contribution in [0.2, 0.25) is 0 Å². The molecule has 1 atom stereocenters. The molecule has 1 aliphatic heterocycles. The van der Waals surface area contributed by atoms with Gasteiger partial charge in [-0.1, -0.05) is 6.07 Å². The van der Waals surface area contributed by atoms with Crippen molar-refractivity contribution >= 4 is 5.91 Å². The summed E-state index contributed by atoms with van der Waals surface area (Å²) in [5, 5.41) is 9.27. The van der Waals surface area contributed by atoms with Gasteiger partial charge in [-0.15, -0.1) is 0 Å². The molecule has 0 aromatic carbocycles. The fraction of sp³-hybridized carbons (Fsp3) is 0.571. The van der Waals surface area contributed by atoms with Crippen LogP contribution in [0.15, 0.2) is 18.3 Å². The molecule has 5 nitrogen and oxygen atoms in total. The number of carbonyl (C=O) groups excluding carboxylic acids is 1. The maximum Gasteiger partial charge on any atom is 0.272 e. The molecule has 104 valence electrons. The number of morpholine rings is 1. The molecule has 0 aliphatic carbocycles. The molecule has 0 saturated carbocycles. The maximum absolute atomic E-state index is 12.5. The van der Waals surface area contributed by atoms with Gasteiger partial charge in [-0.2, -0.15) is 0 Å². The van der Waals surface area contributed by atoms with Crippen LogP contribution in [-0.4, -0.2) is 52.3 Å². The summed E-state index contributed by atoms with van der Waals surface area (Å²) in [7, 11) is 0. The molecule has 19 heavy (non-hydrogen) atoms. The number of hydrogen-bond donors (Lipinski definition) is 1. The summed E-state index contributed by atoms with van der Waals surface area (Å²) < 4.78 is 5.71. The largest absolute Gasteiger partial charge is 0.394 e. The number of rotatable bonds is 2. The molecule has 0 spiro atoms. The van der Waals surface area contributed by atoms with Crippen LogP contribution in [0.3, 0.4) is 0 Å². The first kappa shape index (κ1) is 14.0. The number of aromatic nitrogens is 1. The second-order valence-corrected chi connectivity index (χ2v) is 5.54. The summed E-state index contributed by atoms with van der Waals surface area (Å²) >= 11 is 0. The van der Waals surface area contributed by atoms with Crippen molar-refractivity contribution in [3.8, 4) is 0 Å². The second-order valence-electron chi connectivity index (χ2n) is 5.54. The van der Waals surface area contributed by atoms with Gasteiger partial charge in [-0.05, 0) is 32.4 Å². The van der Waals surface area contributed by atoms with E-state index in [1.807, 2.05) is 32.9 Å². The predicted octanol–water partition coefficient (Wildman–Crippen LogP) is 1.00. The van der Waals surface area contributed by atoms with Crippen molar-refractivity contribution in [1.82, 2.24) is 9.88 Å². The molecule has 1 N–H and O–H groups in total. The summed E-state index contributed by atoms with van der Waals surface area (Å²) in [6.45, 7) is 6.51. The normalized spacial score (nSPS) is 22.3. The second kappa shape index (κ2) is 5.27. The van der Waals surface area contributed by atoms with E-state index in [1.165, 1.54) is 0 Å². The Bertz CT molecular complexity index is 474. The molecule has 1 saturated heterocycles. The van der Waals surface area contributed by atoms with Crippen LogP contribution >= 0.6 is 0 Å². The third-order valence-corrected chi connectivity index (χ3v) is 3.18. The summed E-state index contributed by atoms with van der Waals surface area (Å²) in [5.74, 6) is -0.104. The minimum atomic E-state index is -0.454.